The summed E-state index contributed by atoms with van der Waals surface area (Å²) in [7, 11) is 2.98. The standard InChI is InChI=1S/C13H15N5O4S2/c1-6-8(12(21)22-3)11(24-9(6)10(14)20)16-7(19)4-23-13-17-15-5-18(13)2/h5H,4H2,1-3H3,(H2,14,20)(H,16,19). The summed E-state index contributed by atoms with van der Waals surface area (Å²) in [6.07, 6.45) is 1.53. The van der Waals surface area contributed by atoms with Crippen LogP contribution in [0.2, 0.25) is 0 Å². The third kappa shape index (κ3) is 3.74. The molecule has 0 fully saturated rings. The molecule has 24 heavy (non-hydrogen) atoms. The Morgan fingerprint density at radius 3 is 2.71 bits per heavy atom. The summed E-state index contributed by atoms with van der Waals surface area (Å²) in [5.74, 6) is -1.61. The maximum atomic E-state index is 12.1. The van der Waals surface area contributed by atoms with Crippen LogP contribution in [-0.2, 0) is 16.6 Å². The molecule has 11 heteroatoms. The Kier molecular flexibility index (Phi) is 5.57. The van der Waals surface area contributed by atoms with Crippen LogP contribution >= 0.6 is 23.1 Å². The van der Waals surface area contributed by atoms with Crippen LogP contribution in [0, 0.1) is 6.92 Å². The lowest BCUT2D eigenvalue weighted by molar-refractivity contribution is -0.113. The molecule has 0 aliphatic heterocycles. The Labute approximate surface area is 145 Å². The predicted octanol–water partition coefficient (Wildman–Crippen LogP) is 0.801. The Bertz CT molecular complexity index is 798. The largest absolute Gasteiger partial charge is 0.465 e. The van der Waals surface area contributed by atoms with Gasteiger partial charge in [-0.1, -0.05) is 11.8 Å². The zero-order valence-electron chi connectivity index (χ0n) is 13.2. The summed E-state index contributed by atoms with van der Waals surface area (Å²) in [6.45, 7) is 1.58. The number of carbonyl (C=O) groups excluding carboxylic acids is 3. The minimum atomic E-state index is -0.670. The first-order valence-corrected chi connectivity index (χ1v) is 8.43. The molecule has 0 aromatic carbocycles. The molecule has 0 saturated heterocycles. The van der Waals surface area contributed by atoms with Crippen LogP contribution in [-0.4, -0.2) is 45.4 Å². The summed E-state index contributed by atoms with van der Waals surface area (Å²) in [5.41, 5.74) is 5.81. The first-order chi connectivity index (χ1) is 11.3. The summed E-state index contributed by atoms with van der Waals surface area (Å²) in [5, 5.41) is 11.0. The fourth-order valence-corrected chi connectivity index (χ4v) is 3.63. The summed E-state index contributed by atoms with van der Waals surface area (Å²) in [4.78, 5) is 35.7. The fraction of sp³-hybridized carbons (Fsp3) is 0.308. The molecular formula is C13H15N5O4S2. The van der Waals surface area contributed by atoms with Crippen molar-refractivity contribution in [1.82, 2.24) is 14.8 Å². The normalized spacial score (nSPS) is 10.5. The third-order valence-corrected chi connectivity index (χ3v) is 5.27. The van der Waals surface area contributed by atoms with Crippen molar-refractivity contribution in [1.29, 1.82) is 0 Å². The SMILES string of the molecule is COC(=O)c1c(NC(=O)CSc2nncn2C)sc(C(N)=O)c1C. The van der Waals surface area contributed by atoms with Crippen molar-refractivity contribution in [2.75, 3.05) is 18.2 Å². The summed E-state index contributed by atoms with van der Waals surface area (Å²) in [6, 6.07) is 0. The quantitative estimate of drug-likeness (QED) is 0.569. The third-order valence-electron chi connectivity index (χ3n) is 3.02. The molecule has 0 radical (unpaired) electrons. The van der Waals surface area contributed by atoms with E-state index in [1.165, 1.54) is 25.2 Å². The molecule has 0 unspecified atom stereocenters. The van der Waals surface area contributed by atoms with Crippen molar-refractivity contribution in [2.45, 2.75) is 12.1 Å². The van der Waals surface area contributed by atoms with Gasteiger partial charge in [-0.25, -0.2) is 4.79 Å². The number of primary amides is 1. The van der Waals surface area contributed by atoms with E-state index < -0.39 is 11.9 Å². The molecule has 3 N–H and O–H groups in total. The molecule has 2 amide bonds. The minimum absolute atomic E-state index is 0.0655. The second-order valence-electron chi connectivity index (χ2n) is 4.68. The number of methoxy groups -OCH3 is 1. The highest BCUT2D eigenvalue weighted by molar-refractivity contribution is 7.99. The van der Waals surface area contributed by atoms with Gasteiger partial charge in [-0.3, -0.25) is 9.59 Å². The van der Waals surface area contributed by atoms with Crippen LogP contribution in [0.25, 0.3) is 0 Å². The molecule has 0 aliphatic rings. The number of aromatic nitrogens is 3. The first kappa shape index (κ1) is 17.9. The van der Waals surface area contributed by atoms with E-state index in [1.54, 1.807) is 18.5 Å². The van der Waals surface area contributed by atoms with E-state index in [0.717, 1.165) is 11.3 Å². The van der Waals surface area contributed by atoms with Crippen LogP contribution in [0.15, 0.2) is 11.5 Å². The Balaban J connectivity index is 2.17. The molecule has 2 heterocycles. The average molecular weight is 369 g/mol. The number of thiophene rings is 1. The number of rotatable bonds is 6. The highest BCUT2D eigenvalue weighted by atomic mass is 32.2. The Morgan fingerprint density at radius 1 is 1.46 bits per heavy atom. The van der Waals surface area contributed by atoms with Gasteiger partial charge in [0.2, 0.25) is 5.91 Å². The predicted molar refractivity (Wildman–Crippen MR) is 89.3 cm³/mol. The molecule has 0 saturated carbocycles. The van der Waals surface area contributed by atoms with Gasteiger partial charge in [0.25, 0.3) is 5.91 Å². The van der Waals surface area contributed by atoms with Crippen LogP contribution in [0.1, 0.15) is 25.6 Å². The van der Waals surface area contributed by atoms with Crippen LogP contribution in [0.4, 0.5) is 5.00 Å². The van der Waals surface area contributed by atoms with Gasteiger partial charge < -0.3 is 20.4 Å². The minimum Gasteiger partial charge on any atom is -0.465 e. The second kappa shape index (κ2) is 7.45. The van der Waals surface area contributed by atoms with E-state index in [0.29, 0.717) is 10.7 Å². The number of amides is 2. The second-order valence-corrected chi connectivity index (χ2v) is 6.64. The molecule has 0 bridgehead atoms. The van der Waals surface area contributed by atoms with Crippen molar-refractivity contribution >= 4 is 45.9 Å². The van der Waals surface area contributed by atoms with Gasteiger partial charge in [-0.2, -0.15) is 0 Å². The van der Waals surface area contributed by atoms with Gasteiger partial charge in [-0.15, -0.1) is 21.5 Å². The molecule has 0 atom stereocenters. The maximum Gasteiger partial charge on any atom is 0.341 e. The molecule has 2 aromatic rings. The number of anilines is 1. The molecule has 0 spiro atoms. The van der Waals surface area contributed by atoms with Crippen LogP contribution in [0.5, 0.6) is 0 Å². The summed E-state index contributed by atoms with van der Waals surface area (Å²) < 4.78 is 6.38. The topological polar surface area (TPSA) is 129 Å². The van der Waals surface area contributed by atoms with E-state index in [4.69, 9.17) is 10.5 Å². The lowest BCUT2D eigenvalue weighted by Gasteiger charge is -2.05. The number of ether oxygens (including phenoxy) is 1. The number of hydrogen-bond acceptors (Lipinski definition) is 8. The highest BCUT2D eigenvalue weighted by Crippen LogP contribution is 2.33. The number of hydrogen-bond donors (Lipinski definition) is 2. The molecule has 2 rings (SSSR count). The van der Waals surface area contributed by atoms with Gasteiger partial charge >= 0.3 is 5.97 Å². The van der Waals surface area contributed by atoms with E-state index in [9.17, 15) is 14.4 Å². The lowest BCUT2D eigenvalue weighted by atomic mass is 10.1. The van der Waals surface area contributed by atoms with Gasteiger partial charge in [0, 0.05) is 7.05 Å². The number of thioether (sulfide) groups is 1. The zero-order valence-corrected chi connectivity index (χ0v) is 14.8. The van der Waals surface area contributed by atoms with Crippen molar-refractivity contribution in [3.8, 4) is 0 Å². The van der Waals surface area contributed by atoms with Crippen molar-refractivity contribution in [2.24, 2.45) is 12.8 Å². The Morgan fingerprint density at radius 2 is 2.17 bits per heavy atom. The van der Waals surface area contributed by atoms with Crippen molar-refractivity contribution in [3.63, 3.8) is 0 Å². The highest BCUT2D eigenvalue weighted by Gasteiger charge is 2.25. The molecule has 9 nitrogen and oxygen atoms in total. The number of esters is 1. The monoisotopic (exact) mass is 369 g/mol. The number of nitrogens with one attached hydrogen (secondary N) is 1. The van der Waals surface area contributed by atoms with Crippen molar-refractivity contribution < 1.29 is 19.1 Å². The number of nitrogens with two attached hydrogens (primary N) is 1. The zero-order chi connectivity index (χ0) is 17.9. The summed E-state index contributed by atoms with van der Waals surface area (Å²) >= 11 is 2.14. The van der Waals surface area contributed by atoms with E-state index in [-0.39, 0.29) is 27.1 Å². The van der Waals surface area contributed by atoms with Gasteiger partial charge in [0.15, 0.2) is 5.16 Å². The molecule has 128 valence electrons. The van der Waals surface area contributed by atoms with Crippen LogP contribution < -0.4 is 11.1 Å². The van der Waals surface area contributed by atoms with Crippen LogP contribution in [0.3, 0.4) is 0 Å². The number of aryl methyl sites for hydroxylation is 1. The van der Waals surface area contributed by atoms with Gasteiger partial charge in [0.1, 0.15) is 11.3 Å². The number of nitrogens with zero attached hydrogens (tertiary/aromatic N) is 3. The molecule has 2 aromatic heterocycles. The first-order valence-electron chi connectivity index (χ1n) is 6.63. The van der Waals surface area contributed by atoms with Crippen molar-refractivity contribution in [3.05, 3.63) is 22.3 Å². The van der Waals surface area contributed by atoms with Gasteiger partial charge in [-0.05, 0) is 12.5 Å². The van der Waals surface area contributed by atoms with Gasteiger partial charge in [0.05, 0.1) is 23.3 Å². The van der Waals surface area contributed by atoms with E-state index in [2.05, 4.69) is 15.5 Å². The number of carbonyl (C=O) groups is 3. The smallest absolute Gasteiger partial charge is 0.341 e. The lowest BCUT2D eigenvalue weighted by Crippen LogP contribution is -2.16. The van der Waals surface area contributed by atoms with E-state index >= 15 is 0 Å². The van der Waals surface area contributed by atoms with E-state index in [1.807, 2.05) is 0 Å². The average Bonchev–Trinajstić information content (AvgIpc) is 3.08. The Hall–Kier alpha value is -2.40. The molecule has 0 aliphatic carbocycles. The maximum absolute atomic E-state index is 12.1. The molecular weight excluding hydrogens is 354 g/mol. The fourth-order valence-electron chi connectivity index (χ4n) is 1.88.